The van der Waals surface area contributed by atoms with Crippen LogP contribution in [0, 0.1) is 6.92 Å². The third-order valence-electron chi connectivity index (χ3n) is 0.572. The molecule has 0 radical (unpaired) electrons. The van der Waals surface area contributed by atoms with Crippen molar-refractivity contribution in [1.29, 1.82) is 0 Å². The molecule has 0 aromatic heterocycles. The van der Waals surface area contributed by atoms with E-state index in [9.17, 15) is 4.79 Å². The predicted octanol–water partition coefficient (Wildman–Crippen LogP) is 1.76. The zero-order valence-corrected chi connectivity index (χ0v) is 11.8. The summed E-state index contributed by atoms with van der Waals surface area (Å²) in [6, 6.07) is 0. The first-order valence-corrected chi connectivity index (χ1v) is 3.17. The fourth-order valence-corrected chi connectivity index (χ4v) is 0.228. The van der Waals surface area contributed by atoms with E-state index in [-0.39, 0.29) is 43.1 Å². The minimum absolute atomic E-state index is 0. The summed E-state index contributed by atoms with van der Waals surface area (Å²) in [5.41, 5.74) is 0. The number of carbonyl (C=O) groups is 1. The zero-order valence-electron chi connectivity index (χ0n) is 7.08. The van der Waals surface area contributed by atoms with E-state index in [2.05, 4.69) is 6.92 Å². The van der Waals surface area contributed by atoms with Crippen LogP contribution in [-0.4, -0.2) is 18.0 Å². The van der Waals surface area contributed by atoms with Crippen molar-refractivity contribution in [2.75, 3.05) is 6.61 Å². The van der Waals surface area contributed by atoms with Crippen molar-refractivity contribution in [3.63, 3.8) is 0 Å². The van der Waals surface area contributed by atoms with E-state index in [1.807, 2.05) is 0 Å². The maximum Gasteiger partial charge on any atom is 0.119 e. The quantitative estimate of drug-likeness (QED) is 0.369. The third-order valence-corrected chi connectivity index (χ3v) is 0.572. The van der Waals surface area contributed by atoms with E-state index >= 15 is 0 Å². The summed E-state index contributed by atoms with van der Waals surface area (Å²) in [6.07, 6.45) is 3.40. The molecule has 2 nitrogen and oxygen atoms in total. The van der Waals surface area contributed by atoms with Gasteiger partial charge in [0.2, 0.25) is 0 Å². The topological polar surface area (TPSA) is 37.3 Å². The van der Waals surface area contributed by atoms with Crippen molar-refractivity contribution < 1.29 is 29.4 Å². The van der Waals surface area contributed by atoms with Gasteiger partial charge in [0, 0.05) is 32.5 Å². The second-order valence-electron chi connectivity index (χ2n) is 1.48. The summed E-state index contributed by atoms with van der Waals surface area (Å²) in [7, 11) is 0. The average molecular weight is 277 g/mol. The number of aliphatic hydroxyl groups is 1. The number of aldehydes is 1. The van der Waals surface area contributed by atoms with Crippen molar-refractivity contribution >= 4 is 23.3 Å². The van der Waals surface area contributed by atoms with E-state index in [0.717, 1.165) is 19.1 Å². The summed E-state index contributed by atoms with van der Waals surface area (Å²) in [5, 5.41) is 7.57. The Morgan fingerprint density at radius 1 is 1.55 bits per heavy atom. The molecule has 0 unspecified atom stereocenters. The fourth-order valence-electron chi connectivity index (χ4n) is 0.228. The van der Waals surface area contributed by atoms with Crippen LogP contribution in [0.3, 0.4) is 0 Å². The molecule has 0 aromatic rings. The van der Waals surface area contributed by atoms with Gasteiger partial charge in [-0.1, -0.05) is 6.42 Å². The predicted molar refractivity (Wildman–Crippen MR) is 48.4 cm³/mol. The molecule has 0 fully saturated rings. The average Bonchev–Trinajstić information content (AvgIpc) is 1.86. The molecule has 1 N–H and O–H groups in total. The molecular formula is C7H16BrO2Zn-. The Balaban J connectivity index is -0.0000000437. The van der Waals surface area contributed by atoms with Gasteiger partial charge < -0.3 is 16.8 Å². The normalized spacial score (nSPS) is 6.09. The molecular weight excluding hydrogens is 261 g/mol. The van der Waals surface area contributed by atoms with Crippen LogP contribution in [0.1, 0.15) is 26.2 Å². The number of hydrogen-bond acceptors (Lipinski definition) is 2. The van der Waals surface area contributed by atoms with Crippen molar-refractivity contribution in [2.45, 2.75) is 26.2 Å². The number of carbonyl (C=O) groups excluding carboxylic acids is 1. The molecule has 0 aromatic carbocycles. The first-order valence-electron chi connectivity index (χ1n) is 3.17. The molecule has 0 spiro atoms. The van der Waals surface area contributed by atoms with Crippen LogP contribution in [0.25, 0.3) is 0 Å². The van der Waals surface area contributed by atoms with E-state index < -0.39 is 0 Å². The fraction of sp³-hybridized carbons (Fsp3) is 0.714. The Kier molecular flexibility index (Phi) is 63.6. The molecule has 4 heteroatoms. The van der Waals surface area contributed by atoms with E-state index in [0.29, 0.717) is 6.42 Å². The standard InChI is InChI=1S/C5H9O.C2H6O.BrH.Zn/c1-2-3-4-5-6;1-2-3;;/h5H,1-4H2;3H,2H2,1H3;1H;/q-1;;;. The first kappa shape index (κ1) is 22.6. The molecule has 0 saturated heterocycles. The van der Waals surface area contributed by atoms with Gasteiger partial charge in [-0.3, -0.25) is 0 Å². The molecule has 0 bridgehead atoms. The molecule has 0 saturated carbocycles. The first-order chi connectivity index (χ1) is 4.33. The smallest absolute Gasteiger partial charge is 0.119 e. The molecule has 0 aliphatic carbocycles. The summed E-state index contributed by atoms with van der Waals surface area (Å²) in [5.74, 6) is 0. The largest absolute Gasteiger partial charge is 0.397 e. The summed E-state index contributed by atoms with van der Waals surface area (Å²) in [6.45, 7) is 5.49. The minimum Gasteiger partial charge on any atom is -0.397 e. The number of hydrogen-bond donors (Lipinski definition) is 1. The second kappa shape index (κ2) is 30.9. The maximum atomic E-state index is 9.54. The second-order valence-corrected chi connectivity index (χ2v) is 1.48. The van der Waals surface area contributed by atoms with E-state index in [1.54, 1.807) is 6.92 Å². The SMILES string of the molecule is Br.CCO.[CH2-]CCCC=O.[Zn]. The van der Waals surface area contributed by atoms with Crippen molar-refractivity contribution in [1.82, 2.24) is 0 Å². The number of halogens is 1. The molecule has 0 rings (SSSR count). The van der Waals surface area contributed by atoms with Crippen LogP contribution in [0.2, 0.25) is 0 Å². The molecule has 11 heavy (non-hydrogen) atoms. The minimum atomic E-state index is 0. The number of aliphatic hydroxyl groups excluding tert-OH is 1. The van der Waals surface area contributed by atoms with Crippen LogP contribution in [-0.2, 0) is 24.3 Å². The summed E-state index contributed by atoms with van der Waals surface area (Å²) in [4.78, 5) is 9.54. The van der Waals surface area contributed by atoms with Crippen molar-refractivity contribution in [3.05, 3.63) is 6.92 Å². The van der Waals surface area contributed by atoms with Crippen molar-refractivity contribution in [3.8, 4) is 0 Å². The van der Waals surface area contributed by atoms with E-state index in [4.69, 9.17) is 5.11 Å². The van der Waals surface area contributed by atoms with Gasteiger partial charge in [0.25, 0.3) is 0 Å². The van der Waals surface area contributed by atoms with Gasteiger partial charge in [0.1, 0.15) is 6.29 Å². The van der Waals surface area contributed by atoms with Crippen LogP contribution in [0.5, 0.6) is 0 Å². The maximum absolute atomic E-state index is 9.54. The van der Waals surface area contributed by atoms with Gasteiger partial charge in [-0.25, -0.2) is 0 Å². The molecule has 0 amide bonds. The van der Waals surface area contributed by atoms with Crippen LogP contribution in [0.15, 0.2) is 0 Å². The Hall–Kier alpha value is 0.733. The van der Waals surface area contributed by atoms with Gasteiger partial charge in [-0.15, -0.1) is 17.0 Å². The Labute approximate surface area is 92.3 Å². The molecule has 0 aliphatic rings. The van der Waals surface area contributed by atoms with Gasteiger partial charge in [-0.2, -0.15) is 6.42 Å². The van der Waals surface area contributed by atoms with Gasteiger partial charge in [0.05, 0.1) is 0 Å². The molecule has 66 valence electrons. The van der Waals surface area contributed by atoms with Crippen LogP contribution in [0.4, 0.5) is 0 Å². The van der Waals surface area contributed by atoms with Gasteiger partial charge in [-0.05, 0) is 6.92 Å². The molecule has 0 aliphatic heterocycles. The Morgan fingerprint density at radius 3 is 2.00 bits per heavy atom. The van der Waals surface area contributed by atoms with Gasteiger partial charge in [0.15, 0.2) is 0 Å². The Bertz CT molecular complexity index is 53.7. The number of rotatable bonds is 3. The van der Waals surface area contributed by atoms with Gasteiger partial charge >= 0.3 is 0 Å². The summed E-state index contributed by atoms with van der Waals surface area (Å²) < 4.78 is 0. The number of unbranched alkanes of at least 4 members (excludes halogenated alkanes) is 2. The molecule has 0 heterocycles. The summed E-state index contributed by atoms with van der Waals surface area (Å²) >= 11 is 0. The Morgan fingerprint density at radius 2 is 1.91 bits per heavy atom. The zero-order chi connectivity index (χ0) is 7.54. The van der Waals surface area contributed by atoms with Crippen LogP contribution >= 0.6 is 17.0 Å². The van der Waals surface area contributed by atoms with E-state index in [1.165, 1.54) is 0 Å². The third kappa shape index (κ3) is 58.7. The molecule has 0 atom stereocenters. The van der Waals surface area contributed by atoms with Crippen LogP contribution < -0.4 is 0 Å². The monoisotopic (exact) mass is 275 g/mol. The van der Waals surface area contributed by atoms with Crippen molar-refractivity contribution in [2.24, 2.45) is 0 Å².